The van der Waals surface area contributed by atoms with Gasteiger partial charge in [-0.3, -0.25) is 0 Å². The first kappa shape index (κ1) is 9.50. The van der Waals surface area contributed by atoms with Crippen molar-refractivity contribution in [1.82, 2.24) is 0 Å². The second-order valence-electron chi connectivity index (χ2n) is 3.19. The van der Waals surface area contributed by atoms with Crippen LogP contribution in [0.25, 0.3) is 0 Å². The molecular weight excluding hydrogens is 251 g/mol. The first-order valence-electron chi connectivity index (χ1n) is 4.30. The quantitative estimate of drug-likeness (QED) is 0.701. The molecule has 1 aromatic carbocycles. The molecule has 0 N–H and O–H groups in total. The van der Waals surface area contributed by atoms with Crippen LogP contribution in [0.15, 0.2) is 24.3 Å². The largest absolute Gasteiger partial charge is 0.359 e. The van der Waals surface area contributed by atoms with Crippen LogP contribution >= 0.6 is 27.5 Å². The second kappa shape index (κ2) is 3.60. The third-order valence-corrected chi connectivity index (χ3v) is 3.58. The van der Waals surface area contributed by atoms with E-state index < -0.39 is 0 Å². The van der Waals surface area contributed by atoms with Gasteiger partial charge in [0.05, 0.1) is 0 Å². The zero-order valence-corrected chi connectivity index (χ0v) is 9.44. The molecule has 3 heteroatoms. The van der Waals surface area contributed by atoms with E-state index in [0.29, 0.717) is 0 Å². The Balaban J connectivity index is 2.29. The molecule has 1 aliphatic rings. The van der Waals surface area contributed by atoms with Gasteiger partial charge in [-0.25, -0.2) is 0 Å². The molecule has 0 aliphatic carbocycles. The van der Waals surface area contributed by atoms with Crippen LogP contribution in [0, 0.1) is 0 Å². The van der Waals surface area contributed by atoms with E-state index in [4.69, 9.17) is 16.3 Å². The molecule has 70 valence electrons. The van der Waals surface area contributed by atoms with Crippen LogP contribution in [0.4, 0.5) is 0 Å². The molecule has 0 spiro atoms. The van der Waals surface area contributed by atoms with Crippen LogP contribution in [-0.2, 0) is 9.25 Å². The van der Waals surface area contributed by atoms with Crippen molar-refractivity contribution in [1.29, 1.82) is 0 Å². The number of benzene rings is 1. The number of halogens is 2. The van der Waals surface area contributed by atoms with Crippen molar-refractivity contribution in [3.63, 3.8) is 0 Å². The first-order chi connectivity index (χ1) is 6.21. The van der Waals surface area contributed by atoms with Gasteiger partial charge in [0.15, 0.2) is 0 Å². The maximum absolute atomic E-state index is 5.81. The van der Waals surface area contributed by atoms with Crippen LogP contribution < -0.4 is 0 Å². The van der Waals surface area contributed by atoms with E-state index in [9.17, 15) is 0 Å². The van der Waals surface area contributed by atoms with Gasteiger partial charge in [-0.2, -0.15) is 0 Å². The molecule has 1 atom stereocenters. The molecule has 0 bridgehead atoms. The Morgan fingerprint density at radius 3 is 2.54 bits per heavy atom. The maximum atomic E-state index is 5.81. The van der Waals surface area contributed by atoms with Gasteiger partial charge in [-0.15, -0.1) is 0 Å². The summed E-state index contributed by atoms with van der Waals surface area (Å²) < 4.78 is 5.37. The average Bonchev–Trinajstić information content (AvgIpc) is 2.54. The number of rotatable bonds is 1. The molecule has 1 aromatic rings. The minimum absolute atomic E-state index is 0.266. The molecule has 1 unspecified atom stereocenters. The molecule has 1 nitrogen and oxygen atoms in total. The van der Waals surface area contributed by atoms with Crippen LogP contribution in [-0.4, -0.2) is 6.61 Å². The van der Waals surface area contributed by atoms with Gasteiger partial charge in [-0.05, 0) is 46.5 Å². The summed E-state index contributed by atoms with van der Waals surface area (Å²) in [5.74, 6) is 0. The third kappa shape index (κ3) is 1.90. The van der Waals surface area contributed by atoms with Gasteiger partial charge in [0, 0.05) is 11.6 Å². The van der Waals surface area contributed by atoms with Crippen molar-refractivity contribution in [2.24, 2.45) is 0 Å². The maximum Gasteiger partial charge on any atom is 0.148 e. The summed E-state index contributed by atoms with van der Waals surface area (Å²) in [4.78, 5) is 0. The Bertz CT molecular complexity index is 290. The van der Waals surface area contributed by atoms with Crippen molar-refractivity contribution in [3.8, 4) is 0 Å². The predicted molar refractivity (Wildman–Crippen MR) is 57.2 cm³/mol. The molecule has 0 saturated carbocycles. The molecule has 1 heterocycles. The van der Waals surface area contributed by atoms with Crippen molar-refractivity contribution < 1.29 is 4.74 Å². The molecule has 1 saturated heterocycles. The third-order valence-electron chi connectivity index (χ3n) is 2.25. The van der Waals surface area contributed by atoms with E-state index in [1.165, 1.54) is 0 Å². The van der Waals surface area contributed by atoms with Crippen LogP contribution in [0.1, 0.15) is 18.4 Å². The fourth-order valence-corrected chi connectivity index (χ4v) is 2.36. The summed E-state index contributed by atoms with van der Waals surface area (Å²) >= 11 is 9.42. The normalized spacial score (nSPS) is 27.8. The minimum Gasteiger partial charge on any atom is -0.359 e. The molecule has 13 heavy (non-hydrogen) atoms. The molecule has 2 rings (SSSR count). The fourth-order valence-electron chi connectivity index (χ4n) is 1.53. The van der Waals surface area contributed by atoms with Gasteiger partial charge >= 0.3 is 0 Å². The van der Waals surface area contributed by atoms with Crippen LogP contribution in [0.5, 0.6) is 0 Å². The first-order valence-corrected chi connectivity index (χ1v) is 5.47. The summed E-state index contributed by atoms with van der Waals surface area (Å²) in [6, 6.07) is 7.79. The number of alkyl halides is 1. The highest BCUT2D eigenvalue weighted by Crippen LogP contribution is 2.41. The van der Waals surface area contributed by atoms with E-state index in [2.05, 4.69) is 15.9 Å². The van der Waals surface area contributed by atoms with E-state index >= 15 is 0 Å². The lowest BCUT2D eigenvalue weighted by molar-refractivity contribution is 0.0869. The molecule has 0 radical (unpaired) electrons. The molecule has 0 aromatic heterocycles. The lowest BCUT2D eigenvalue weighted by Gasteiger charge is -2.21. The van der Waals surface area contributed by atoms with Gasteiger partial charge in [0.2, 0.25) is 0 Å². The lowest BCUT2D eigenvalue weighted by Crippen LogP contribution is -2.15. The highest BCUT2D eigenvalue weighted by molar-refractivity contribution is 9.09. The Kier molecular flexibility index (Phi) is 2.63. The number of hydrogen-bond acceptors (Lipinski definition) is 1. The highest BCUT2D eigenvalue weighted by atomic mass is 79.9. The Labute approximate surface area is 91.2 Å². The summed E-state index contributed by atoms with van der Waals surface area (Å²) in [5, 5.41) is 0.762. The van der Waals surface area contributed by atoms with Crippen molar-refractivity contribution in [2.45, 2.75) is 17.4 Å². The Morgan fingerprint density at radius 1 is 1.31 bits per heavy atom. The van der Waals surface area contributed by atoms with Crippen molar-refractivity contribution in [2.75, 3.05) is 6.61 Å². The number of hydrogen-bond donors (Lipinski definition) is 0. The fraction of sp³-hybridized carbons (Fsp3) is 0.400. The van der Waals surface area contributed by atoms with E-state index in [0.717, 1.165) is 30.0 Å². The van der Waals surface area contributed by atoms with E-state index in [1.807, 2.05) is 24.3 Å². The Hall–Kier alpha value is -0.0500. The van der Waals surface area contributed by atoms with Gasteiger partial charge in [-0.1, -0.05) is 23.7 Å². The minimum atomic E-state index is -0.266. The van der Waals surface area contributed by atoms with E-state index in [1.54, 1.807) is 0 Å². The summed E-state index contributed by atoms with van der Waals surface area (Å²) in [6.45, 7) is 0.827. The summed E-state index contributed by atoms with van der Waals surface area (Å²) in [7, 11) is 0. The average molecular weight is 262 g/mol. The monoisotopic (exact) mass is 260 g/mol. The van der Waals surface area contributed by atoms with Gasteiger partial charge in [0.1, 0.15) is 4.51 Å². The molecular formula is C10H10BrClO. The lowest BCUT2D eigenvalue weighted by atomic mass is 10.1. The molecule has 1 fully saturated rings. The van der Waals surface area contributed by atoms with Crippen LogP contribution in [0.3, 0.4) is 0 Å². The van der Waals surface area contributed by atoms with E-state index in [-0.39, 0.29) is 4.51 Å². The zero-order valence-electron chi connectivity index (χ0n) is 7.09. The smallest absolute Gasteiger partial charge is 0.148 e. The zero-order chi connectivity index (χ0) is 9.31. The SMILES string of the molecule is Clc1ccc(C2(Br)CCCO2)cc1. The Morgan fingerprint density at radius 2 is 2.00 bits per heavy atom. The van der Waals surface area contributed by atoms with Crippen LogP contribution in [0.2, 0.25) is 5.02 Å². The topological polar surface area (TPSA) is 9.23 Å². The number of ether oxygens (including phenoxy) is 1. The van der Waals surface area contributed by atoms with Crippen molar-refractivity contribution in [3.05, 3.63) is 34.9 Å². The predicted octanol–water partition coefficient (Wildman–Crippen LogP) is 3.70. The highest BCUT2D eigenvalue weighted by Gasteiger charge is 2.33. The molecule has 1 aliphatic heterocycles. The molecule has 0 amide bonds. The van der Waals surface area contributed by atoms with Gasteiger partial charge < -0.3 is 4.74 Å². The second-order valence-corrected chi connectivity index (χ2v) is 4.90. The standard InChI is InChI=1S/C10H10BrClO/c11-10(6-1-7-13-10)8-2-4-9(12)5-3-8/h2-5H,1,6-7H2. The summed E-state index contributed by atoms with van der Waals surface area (Å²) in [5.41, 5.74) is 1.15. The van der Waals surface area contributed by atoms with Gasteiger partial charge in [0.25, 0.3) is 0 Å². The van der Waals surface area contributed by atoms with Crippen molar-refractivity contribution >= 4 is 27.5 Å². The summed E-state index contributed by atoms with van der Waals surface area (Å²) in [6.07, 6.45) is 2.13.